The van der Waals surface area contributed by atoms with Crippen LogP contribution in [0.3, 0.4) is 0 Å². The van der Waals surface area contributed by atoms with Crippen molar-refractivity contribution in [2.45, 2.75) is 36.8 Å². The normalized spacial score (nSPS) is 11.7. The van der Waals surface area contributed by atoms with Gasteiger partial charge in [0.2, 0.25) is 11.8 Å². The van der Waals surface area contributed by atoms with Crippen molar-refractivity contribution in [3.05, 3.63) is 71.8 Å². The number of nitrogens with zero attached hydrogens (tertiary/aromatic N) is 2. The molecular formula is C32H44N4O8S2. The predicted molar refractivity (Wildman–Crippen MR) is 180 cm³/mol. The summed E-state index contributed by atoms with van der Waals surface area (Å²) in [7, 11) is 0. The number of thioether (sulfide) groups is 2. The minimum absolute atomic E-state index is 0.0187. The summed E-state index contributed by atoms with van der Waals surface area (Å²) in [4.78, 5) is 62.0. The molecule has 0 heterocycles. The smallest absolute Gasteiger partial charge is 0.320 e. The van der Waals surface area contributed by atoms with E-state index in [1.165, 1.54) is 11.1 Å². The highest BCUT2D eigenvalue weighted by atomic mass is 32.2. The van der Waals surface area contributed by atoms with Crippen molar-refractivity contribution in [1.29, 1.82) is 0 Å². The van der Waals surface area contributed by atoms with E-state index in [1.807, 2.05) is 36.4 Å². The predicted octanol–water partition coefficient (Wildman–Crippen LogP) is 2.48. The molecule has 1 unspecified atom stereocenters. The highest BCUT2D eigenvalue weighted by molar-refractivity contribution is 7.98. The highest BCUT2D eigenvalue weighted by Crippen LogP contribution is 2.13. The molecule has 5 N–H and O–H groups in total. The van der Waals surface area contributed by atoms with Gasteiger partial charge in [0.1, 0.15) is 6.04 Å². The lowest BCUT2D eigenvalue weighted by Gasteiger charge is -2.25. The van der Waals surface area contributed by atoms with Crippen molar-refractivity contribution in [2.75, 3.05) is 57.3 Å². The first-order chi connectivity index (χ1) is 22.1. The number of carbonyl (C=O) groups excluding carboxylic acids is 2. The number of benzene rings is 2. The largest absolute Gasteiger partial charge is 0.480 e. The van der Waals surface area contributed by atoms with Crippen LogP contribution >= 0.6 is 23.5 Å². The molecule has 0 aliphatic rings. The minimum Gasteiger partial charge on any atom is -0.480 e. The van der Waals surface area contributed by atoms with E-state index in [0.29, 0.717) is 25.9 Å². The molecule has 0 aromatic heterocycles. The average Bonchev–Trinajstić information content (AvgIpc) is 3.01. The quantitative estimate of drug-likeness (QED) is 0.0973. The van der Waals surface area contributed by atoms with Crippen molar-refractivity contribution < 1.29 is 39.3 Å². The van der Waals surface area contributed by atoms with Gasteiger partial charge >= 0.3 is 17.9 Å². The summed E-state index contributed by atoms with van der Waals surface area (Å²) in [5, 5.41) is 33.4. The Kier molecular flexibility index (Phi) is 19.2. The average molecular weight is 677 g/mol. The summed E-state index contributed by atoms with van der Waals surface area (Å²) in [6.45, 7) is -0.0163. The molecule has 0 saturated carbocycles. The SMILES string of the molecule is O=C(O)CN(CC(=O)O)C(CCCCNC(=O)CN(CCSCc1ccccc1)CC(=O)NCCSCc1ccccc1)C(=O)O. The standard InChI is InChI=1S/C32H44N4O8S2/c37-28(33-14-8-7-13-27(32(43)44)36(21-30(39)40)22-31(41)42)19-35(16-18-46-24-26-11-5-2-6-12-26)20-29(38)34-15-17-45-23-25-9-3-1-4-10-25/h1-6,9-12,27H,7-8,13-24H2,(H,33,37)(H,34,38)(H,39,40)(H,41,42)(H,43,44). The van der Waals surface area contributed by atoms with Crippen molar-refractivity contribution >= 4 is 53.2 Å². The van der Waals surface area contributed by atoms with Gasteiger partial charge in [-0.1, -0.05) is 60.7 Å². The van der Waals surface area contributed by atoms with E-state index in [1.54, 1.807) is 28.4 Å². The number of hydrogen-bond donors (Lipinski definition) is 5. The van der Waals surface area contributed by atoms with E-state index in [2.05, 4.69) is 34.9 Å². The van der Waals surface area contributed by atoms with Gasteiger partial charge in [0.05, 0.1) is 26.2 Å². The Labute approximate surface area is 278 Å². The van der Waals surface area contributed by atoms with Gasteiger partial charge in [0.15, 0.2) is 0 Å². The topological polar surface area (TPSA) is 177 Å². The summed E-state index contributed by atoms with van der Waals surface area (Å²) < 4.78 is 0. The van der Waals surface area contributed by atoms with Crippen LogP contribution in [0.15, 0.2) is 60.7 Å². The number of aliphatic carboxylic acids is 3. The van der Waals surface area contributed by atoms with E-state index < -0.39 is 37.0 Å². The number of rotatable bonds is 25. The van der Waals surface area contributed by atoms with Gasteiger partial charge in [0.25, 0.3) is 0 Å². The van der Waals surface area contributed by atoms with E-state index in [0.717, 1.165) is 27.9 Å². The van der Waals surface area contributed by atoms with Crippen LogP contribution in [0.4, 0.5) is 0 Å². The van der Waals surface area contributed by atoms with Gasteiger partial charge in [0, 0.05) is 42.6 Å². The molecular weight excluding hydrogens is 633 g/mol. The molecule has 0 radical (unpaired) electrons. The van der Waals surface area contributed by atoms with Crippen molar-refractivity contribution in [3.8, 4) is 0 Å². The Morgan fingerprint density at radius 3 is 1.65 bits per heavy atom. The third-order valence-electron chi connectivity index (χ3n) is 6.71. The number of hydrogen-bond acceptors (Lipinski definition) is 9. The summed E-state index contributed by atoms with van der Waals surface area (Å²) in [6, 6.07) is 18.9. The Morgan fingerprint density at radius 2 is 1.15 bits per heavy atom. The van der Waals surface area contributed by atoms with Crippen LogP contribution in [0.5, 0.6) is 0 Å². The maximum atomic E-state index is 12.8. The maximum absolute atomic E-state index is 12.8. The lowest BCUT2D eigenvalue weighted by Crippen LogP contribution is -2.46. The zero-order chi connectivity index (χ0) is 33.6. The molecule has 0 bridgehead atoms. The molecule has 14 heteroatoms. The number of carboxylic acid groups (broad SMARTS) is 3. The zero-order valence-electron chi connectivity index (χ0n) is 25.8. The molecule has 0 saturated heterocycles. The molecule has 2 rings (SSSR count). The van der Waals surface area contributed by atoms with E-state index in [-0.39, 0.29) is 37.9 Å². The number of carboxylic acids is 3. The fourth-order valence-electron chi connectivity index (χ4n) is 4.49. The van der Waals surface area contributed by atoms with Crippen LogP contribution < -0.4 is 10.6 Å². The van der Waals surface area contributed by atoms with Crippen molar-refractivity contribution in [3.63, 3.8) is 0 Å². The molecule has 0 fully saturated rings. The molecule has 12 nitrogen and oxygen atoms in total. The van der Waals surface area contributed by atoms with Crippen LogP contribution in [0.2, 0.25) is 0 Å². The summed E-state index contributed by atoms with van der Waals surface area (Å²) >= 11 is 3.45. The molecule has 1 atom stereocenters. The summed E-state index contributed by atoms with van der Waals surface area (Å²) in [6.07, 6.45) is 0.773. The molecule has 0 aliphatic heterocycles. The molecule has 0 aliphatic carbocycles. The second kappa shape index (κ2) is 22.8. The first-order valence-electron chi connectivity index (χ1n) is 15.0. The van der Waals surface area contributed by atoms with E-state index >= 15 is 0 Å². The molecule has 2 amide bonds. The highest BCUT2D eigenvalue weighted by Gasteiger charge is 2.28. The van der Waals surface area contributed by atoms with Gasteiger partial charge in [-0.2, -0.15) is 23.5 Å². The van der Waals surface area contributed by atoms with E-state index in [4.69, 9.17) is 10.2 Å². The third kappa shape index (κ3) is 17.8. The maximum Gasteiger partial charge on any atom is 0.320 e. The first kappa shape index (κ1) is 38.6. The Bertz CT molecular complexity index is 1210. The van der Waals surface area contributed by atoms with Gasteiger partial charge < -0.3 is 26.0 Å². The Balaban J connectivity index is 1.79. The molecule has 2 aromatic rings. The number of amides is 2. The van der Waals surface area contributed by atoms with Crippen molar-refractivity contribution in [1.82, 2.24) is 20.4 Å². The molecule has 46 heavy (non-hydrogen) atoms. The second-order valence-corrected chi connectivity index (χ2v) is 12.7. The van der Waals surface area contributed by atoms with Gasteiger partial charge in [-0.3, -0.25) is 33.8 Å². The lowest BCUT2D eigenvalue weighted by molar-refractivity contribution is -0.149. The van der Waals surface area contributed by atoms with Gasteiger partial charge in [-0.25, -0.2) is 0 Å². The number of nitrogens with one attached hydrogen (secondary N) is 2. The Morgan fingerprint density at radius 1 is 0.652 bits per heavy atom. The molecule has 2 aromatic carbocycles. The zero-order valence-corrected chi connectivity index (χ0v) is 27.5. The third-order valence-corrected chi connectivity index (χ3v) is 8.75. The first-order valence-corrected chi connectivity index (χ1v) is 17.3. The van der Waals surface area contributed by atoms with Crippen LogP contribution in [0, 0.1) is 0 Å². The van der Waals surface area contributed by atoms with Gasteiger partial charge in [-0.15, -0.1) is 0 Å². The summed E-state index contributed by atoms with van der Waals surface area (Å²) in [5.74, 6) is -1.21. The summed E-state index contributed by atoms with van der Waals surface area (Å²) in [5.41, 5.74) is 2.42. The number of carbonyl (C=O) groups is 5. The van der Waals surface area contributed by atoms with Crippen LogP contribution in [0.1, 0.15) is 30.4 Å². The van der Waals surface area contributed by atoms with Crippen LogP contribution in [-0.4, -0.2) is 118 Å². The van der Waals surface area contributed by atoms with Crippen LogP contribution in [-0.2, 0) is 35.5 Å². The van der Waals surface area contributed by atoms with E-state index in [9.17, 15) is 29.1 Å². The minimum atomic E-state index is -1.32. The van der Waals surface area contributed by atoms with Gasteiger partial charge in [-0.05, 0) is 30.4 Å². The monoisotopic (exact) mass is 676 g/mol. The Hall–Kier alpha value is -3.59. The number of unbranched alkanes of at least 4 members (excludes halogenated alkanes) is 1. The fraction of sp³-hybridized carbons (Fsp3) is 0.469. The fourth-order valence-corrected chi connectivity index (χ4v) is 6.27. The van der Waals surface area contributed by atoms with Crippen molar-refractivity contribution in [2.24, 2.45) is 0 Å². The lowest BCUT2D eigenvalue weighted by atomic mass is 10.1. The van der Waals surface area contributed by atoms with Crippen LogP contribution in [0.25, 0.3) is 0 Å². The molecule has 252 valence electrons. The molecule has 0 spiro atoms. The second-order valence-electron chi connectivity index (χ2n) is 10.5.